The molecule has 0 amide bonds. The minimum Gasteiger partial charge on any atom is -0.469 e. The molecule has 1 aromatic carbocycles. The van der Waals surface area contributed by atoms with Crippen molar-refractivity contribution in [2.75, 3.05) is 33.3 Å². The lowest BCUT2D eigenvalue weighted by Crippen LogP contribution is -2.47. The normalized spacial score (nSPS) is 19.9. The van der Waals surface area contributed by atoms with E-state index in [4.69, 9.17) is 4.74 Å². The maximum absolute atomic E-state index is 13.5. The molecule has 0 aliphatic carbocycles. The highest BCUT2D eigenvalue weighted by molar-refractivity contribution is 5.75. The van der Waals surface area contributed by atoms with E-state index in [2.05, 4.69) is 10.2 Å². The van der Waals surface area contributed by atoms with Crippen LogP contribution >= 0.6 is 0 Å². The van der Waals surface area contributed by atoms with Gasteiger partial charge in [-0.15, -0.1) is 0 Å². The Morgan fingerprint density at radius 3 is 2.95 bits per heavy atom. The summed E-state index contributed by atoms with van der Waals surface area (Å²) in [5.74, 6) is -0.400. The molecule has 1 fully saturated rings. The van der Waals surface area contributed by atoms with Gasteiger partial charge in [0.2, 0.25) is 0 Å². The standard InChI is InChI=1S/C17H25FN2O2/c1-17(2,16(21)22-3)7-9-20-10-8-19-12-15(20)13-5-4-6-14(18)11-13/h4-6,11,15,19H,7-10,12H2,1-3H3. The molecule has 1 saturated heterocycles. The van der Waals surface area contributed by atoms with Gasteiger partial charge in [0, 0.05) is 25.7 Å². The number of esters is 1. The molecule has 2 rings (SSSR count). The minimum absolute atomic E-state index is 0.137. The first-order valence-electron chi connectivity index (χ1n) is 7.73. The molecule has 122 valence electrons. The highest BCUT2D eigenvalue weighted by Gasteiger charge is 2.31. The first-order chi connectivity index (χ1) is 10.4. The van der Waals surface area contributed by atoms with Gasteiger partial charge in [0.25, 0.3) is 0 Å². The van der Waals surface area contributed by atoms with Crippen molar-refractivity contribution in [3.63, 3.8) is 0 Å². The van der Waals surface area contributed by atoms with Crippen molar-refractivity contribution in [2.24, 2.45) is 5.41 Å². The smallest absolute Gasteiger partial charge is 0.311 e. The van der Waals surface area contributed by atoms with Crippen LogP contribution in [0.4, 0.5) is 4.39 Å². The SMILES string of the molecule is COC(=O)C(C)(C)CCN1CCNCC1c1cccc(F)c1. The van der Waals surface area contributed by atoms with Gasteiger partial charge in [-0.1, -0.05) is 12.1 Å². The van der Waals surface area contributed by atoms with E-state index in [1.165, 1.54) is 13.2 Å². The maximum atomic E-state index is 13.5. The lowest BCUT2D eigenvalue weighted by atomic mass is 9.88. The summed E-state index contributed by atoms with van der Waals surface area (Å²) in [5.41, 5.74) is 0.467. The van der Waals surface area contributed by atoms with Crippen LogP contribution in [0.25, 0.3) is 0 Å². The molecule has 1 aliphatic heterocycles. The number of methoxy groups -OCH3 is 1. The van der Waals surface area contributed by atoms with E-state index in [0.29, 0.717) is 6.42 Å². The highest BCUT2D eigenvalue weighted by atomic mass is 19.1. The zero-order valence-electron chi connectivity index (χ0n) is 13.6. The summed E-state index contributed by atoms with van der Waals surface area (Å²) < 4.78 is 18.3. The molecule has 1 aromatic rings. The van der Waals surface area contributed by atoms with Crippen LogP contribution in [-0.4, -0.2) is 44.2 Å². The number of piperazine rings is 1. The van der Waals surface area contributed by atoms with E-state index in [9.17, 15) is 9.18 Å². The number of ether oxygens (including phenoxy) is 1. The fourth-order valence-corrected chi connectivity index (χ4v) is 2.86. The molecule has 0 bridgehead atoms. The number of hydrogen-bond donors (Lipinski definition) is 1. The van der Waals surface area contributed by atoms with Gasteiger partial charge in [-0.3, -0.25) is 9.69 Å². The number of nitrogens with one attached hydrogen (secondary N) is 1. The molecule has 0 saturated carbocycles. The summed E-state index contributed by atoms with van der Waals surface area (Å²) in [6.07, 6.45) is 0.714. The van der Waals surface area contributed by atoms with Crippen molar-refractivity contribution in [1.29, 1.82) is 0 Å². The topological polar surface area (TPSA) is 41.6 Å². The van der Waals surface area contributed by atoms with Gasteiger partial charge >= 0.3 is 5.97 Å². The van der Waals surface area contributed by atoms with Gasteiger partial charge in [-0.2, -0.15) is 0 Å². The average Bonchev–Trinajstić information content (AvgIpc) is 2.52. The summed E-state index contributed by atoms with van der Waals surface area (Å²) >= 11 is 0. The van der Waals surface area contributed by atoms with Gasteiger partial charge in [0.1, 0.15) is 5.82 Å². The van der Waals surface area contributed by atoms with Gasteiger partial charge in [0.15, 0.2) is 0 Å². The second-order valence-electron chi connectivity index (χ2n) is 6.44. The molecule has 4 nitrogen and oxygen atoms in total. The van der Waals surface area contributed by atoms with Crippen molar-refractivity contribution < 1.29 is 13.9 Å². The molecule has 1 heterocycles. The molecule has 0 radical (unpaired) electrons. The van der Waals surface area contributed by atoms with E-state index in [1.807, 2.05) is 19.9 Å². The zero-order chi connectivity index (χ0) is 16.2. The molecule has 0 aromatic heterocycles. The van der Waals surface area contributed by atoms with Crippen molar-refractivity contribution in [3.8, 4) is 0 Å². The van der Waals surface area contributed by atoms with Crippen molar-refractivity contribution in [3.05, 3.63) is 35.6 Å². The van der Waals surface area contributed by atoms with E-state index in [-0.39, 0.29) is 17.8 Å². The first kappa shape index (κ1) is 16.9. The summed E-state index contributed by atoms with van der Waals surface area (Å²) in [4.78, 5) is 14.1. The Labute approximate surface area is 131 Å². The Bertz CT molecular complexity index is 519. The number of carbonyl (C=O) groups excluding carboxylic acids is 1. The Morgan fingerprint density at radius 2 is 2.27 bits per heavy atom. The molecule has 22 heavy (non-hydrogen) atoms. The molecule has 1 unspecified atom stereocenters. The third kappa shape index (κ3) is 4.05. The van der Waals surface area contributed by atoms with Crippen molar-refractivity contribution >= 4 is 5.97 Å². The van der Waals surface area contributed by atoms with Crippen LogP contribution in [0.5, 0.6) is 0 Å². The number of hydrogen-bond acceptors (Lipinski definition) is 4. The molecule has 1 atom stereocenters. The molecular formula is C17H25FN2O2. The number of benzene rings is 1. The van der Waals surface area contributed by atoms with Crippen LogP contribution in [0.3, 0.4) is 0 Å². The number of nitrogens with zero attached hydrogens (tertiary/aromatic N) is 1. The Hall–Kier alpha value is -1.46. The first-order valence-corrected chi connectivity index (χ1v) is 7.73. The van der Waals surface area contributed by atoms with Gasteiger partial charge < -0.3 is 10.1 Å². The molecule has 5 heteroatoms. The maximum Gasteiger partial charge on any atom is 0.311 e. The van der Waals surface area contributed by atoms with Crippen LogP contribution in [0.15, 0.2) is 24.3 Å². The quantitative estimate of drug-likeness (QED) is 0.848. The van der Waals surface area contributed by atoms with Crippen LogP contribution in [-0.2, 0) is 9.53 Å². The summed E-state index contributed by atoms with van der Waals surface area (Å²) in [7, 11) is 1.42. The second-order valence-corrected chi connectivity index (χ2v) is 6.44. The Kier molecular flexibility index (Phi) is 5.53. The highest BCUT2D eigenvalue weighted by Crippen LogP contribution is 2.27. The van der Waals surface area contributed by atoms with Gasteiger partial charge in [-0.25, -0.2) is 4.39 Å². The van der Waals surface area contributed by atoms with Crippen LogP contribution in [0.2, 0.25) is 0 Å². The molecule has 1 aliphatic rings. The van der Waals surface area contributed by atoms with Gasteiger partial charge in [0.05, 0.1) is 12.5 Å². The van der Waals surface area contributed by atoms with E-state index in [1.54, 1.807) is 12.1 Å². The zero-order valence-corrected chi connectivity index (χ0v) is 13.6. The Balaban J connectivity index is 2.06. The fourth-order valence-electron chi connectivity index (χ4n) is 2.86. The lowest BCUT2D eigenvalue weighted by Gasteiger charge is -2.38. The summed E-state index contributed by atoms with van der Waals surface area (Å²) in [5, 5.41) is 3.36. The number of carbonyl (C=O) groups is 1. The fraction of sp³-hybridized carbons (Fsp3) is 0.588. The van der Waals surface area contributed by atoms with Crippen LogP contribution < -0.4 is 5.32 Å². The predicted molar refractivity (Wildman–Crippen MR) is 84.0 cm³/mol. The lowest BCUT2D eigenvalue weighted by molar-refractivity contribution is -0.151. The third-order valence-electron chi connectivity index (χ3n) is 4.35. The monoisotopic (exact) mass is 308 g/mol. The summed E-state index contributed by atoms with van der Waals surface area (Å²) in [6.45, 7) is 7.17. The average molecular weight is 308 g/mol. The Morgan fingerprint density at radius 1 is 1.50 bits per heavy atom. The largest absolute Gasteiger partial charge is 0.469 e. The van der Waals surface area contributed by atoms with E-state index < -0.39 is 5.41 Å². The number of rotatable bonds is 5. The van der Waals surface area contributed by atoms with Crippen molar-refractivity contribution in [2.45, 2.75) is 26.3 Å². The minimum atomic E-state index is -0.508. The second kappa shape index (κ2) is 7.20. The molecule has 1 N–H and O–H groups in total. The van der Waals surface area contributed by atoms with Crippen LogP contribution in [0.1, 0.15) is 31.9 Å². The molecule has 0 spiro atoms. The predicted octanol–water partition coefficient (Wildman–Crippen LogP) is 2.36. The van der Waals surface area contributed by atoms with Crippen molar-refractivity contribution in [1.82, 2.24) is 10.2 Å². The van der Waals surface area contributed by atoms with E-state index >= 15 is 0 Å². The van der Waals surface area contributed by atoms with E-state index in [0.717, 1.165) is 31.7 Å². The van der Waals surface area contributed by atoms with Gasteiger partial charge in [-0.05, 0) is 44.5 Å². The summed E-state index contributed by atoms with van der Waals surface area (Å²) in [6, 6.07) is 6.90. The van der Waals surface area contributed by atoms with Crippen LogP contribution in [0, 0.1) is 11.2 Å². The number of halogens is 1. The molecular weight excluding hydrogens is 283 g/mol. The third-order valence-corrected chi connectivity index (χ3v) is 4.35.